The summed E-state index contributed by atoms with van der Waals surface area (Å²) in [6, 6.07) is 12.5. The Morgan fingerprint density at radius 1 is 1.16 bits per heavy atom. The number of ether oxygens (including phenoxy) is 1. The van der Waals surface area contributed by atoms with E-state index in [0.29, 0.717) is 17.9 Å². The molecule has 4 nitrogen and oxygen atoms in total. The third-order valence-electron chi connectivity index (χ3n) is 4.47. The monoisotopic (exact) mass is 446 g/mol. The number of para-hydroxylation sites is 1. The number of benzene rings is 2. The summed E-state index contributed by atoms with van der Waals surface area (Å²) in [5, 5.41) is 2.87. The van der Waals surface area contributed by atoms with Crippen molar-refractivity contribution in [3.05, 3.63) is 87.4 Å². The topological polar surface area (TPSA) is 42.4 Å². The summed E-state index contributed by atoms with van der Waals surface area (Å²) in [4.78, 5) is 18.1. The van der Waals surface area contributed by atoms with E-state index in [1.807, 2.05) is 24.4 Å². The van der Waals surface area contributed by atoms with Crippen LogP contribution in [-0.2, 0) is 24.1 Å². The molecule has 0 unspecified atom stereocenters. The molecule has 0 radical (unpaired) electrons. The summed E-state index contributed by atoms with van der Waals surface area (Å²) in [6.07, 6.45) is -1.55. The van der Waals surface area contributed by atoms with Gasteiger partial charge in [-0.1, -0.05) is 36.4 Å². The number of nitrogens with zero attached hydrogens (tertiary/aromatic N) is 2. The number of hydrogen-bond acceptors (Lipinski definition) is 4. The number of amides is 1. The van der Waals surface area contributed by atoms with Gasteiger partial charge >= 0.3 is 6.18 Å². The van der Waals surface area contributed by atoms with Crippen LogP contribution < -0.4 is 4.74 Å². The van der Waals surface area contributed by atoms with Gasteiger partial charge in [0.05, 0.1) is 16.3 Å². The lowest BCUT2D eigenvalue weighted by Gasteiger charge is -2.19. The van der Waals surface area contributed by atoms with E-state index in [2.05, 4.69) is 4.98 Å². The number of likely N-dealkylation sites (N-methyl/N-ethyl adjacent to an activating group) is 1. The molecule has 0 saturated carbocycles. The third-order valence-corrected chi connectivity index (χ3v) is 5.30. The van der Waals surface area contributed by atoms with Gasteiger partial charge in [-0.2, -0.15) is 13.2 Å². The Kier molecular flexibility index (Phi) is 7.12. The summed E-state index contributed by atoms with van der Waals surface area (Å²) in [6.45, 7) is 2.07. The van der Waals surface area contributed by atoms with E-state index in [1.165, 1.54) is 47.6 Å². The molecule has 0 atom stereocenters. The minimum absolute atomic E-state index is 0.0431. The van der Waals surface area contributed by atoms with E-state index in [0.717, 1.165) is 16.8 Å². The predicted molar refractivity (Wildman–Crippen MR) is 115 cm³/mol. The second-order valence-electron chi connectivity index (χ2n) is 6.87. The maximum absolute atomic E-state index is 13.2. The second kappa shape index (κ2) is 9.78. The van der Waals surface area contributed by atoms with Gasteiger partial charge in [0, 0.05) is 30.6 Å². The minimum Gasteiger partial charge on any atom is -0.487 e. The van der Waals surface area contributed by atoms with E-state index < -0.39 is 17.6 Å². The van der Waals surface area contributed by atoms with Crippen LogP contribution in [0.3, 0.4) is 0 Å². The molecule has 2 aromatic carbocycles. The van der Waals surface area contributed by atoms with Gasteiger partial charge in [-0.15, -0.1) is 11.3 Å². The Morgan fingerprint density at radius 3 is 2.58 bits per heavy atom. The fourth-order valence-corrected chi connectivity index (χ4v) is 3.53. The van der Waals surface area contributed by atoms with Gasteiger partial charge in [0.15, 0.2) is 0 Å². The number of thiazole rings is 1. The van der Waals surface area contributed by atoms with Crippen molar-refractivity contribution in [1.82, 2.24) is 9.88 Å². The zero-order chi connectivity index (χ0) is 22.4. The molecule has 0 bridgehead atoms. The molecule has 162 valence electrons. The normalized spacial score (nSPS) is 11.6. The number of aryl methyl sites for hydroxylation is 1. The van der Waals surface area contributed by atoms with E-state index in [-0.39, 0.29) is 12.1 Å². The zero-order valence-electron chi connectivity index (χ0n) is 17.0. The molecule has 1 heterocycles. The standard InChI is InChI=1S/C23H21F3N2O2S/c1-16-27-19(15-31-16)14-30-21-10-6-4-7-17(21)11-12-22(29)28(2)13-18-8-3-5-9-20(18)23(24,25)26/h3-12,15H,13-14H2,1-2H3/b12-11+. The molecule has 31 heavy (non-hydrogen) atoms. The SMILES string of the molecule is Cc1nc(COc2ccccc2/C=C/C(=O)N(C)Cc2ccccc2C(F)(F)F)cs1. The summed E-state index contributed by atoms with van der Waals surface area (Å²) in [5.74, 6) is 0.171. The number of carbonyl (C=O) groups is 1. The fourth-order valence-electron chi connectivity index (χ4n) is 2.93. The van der Waals surface area contributed by atoms with Crippen LogP contribution in [0.25, 0.3) is 6.08 Å². The predicted octanol–water partition coefficient (Wildman–Crippen LogP) is 5.72. The molecule has 0 aliphatic heterocycles. The molecular weight excluding hydrogens is 425 g/mol. The van der Waals surface area contributed by atoms with Crippen molar-refractivity contribution in [1.29, 1.82) is 0 Å². The minimum atomic E-state index is -4.47. The maximum Gasteiger partial charge on any atom is 0.416 e. The van der Waals surface area contributed by atoms with E-state index in [9.17, 15) is 18.0 Å². The first kappa shape index (κ1) is 22.6. The van der Waals surface area contributed by atoms with Crippen LogP contribution in [0.2, 0.25) is 0 Å². The van der Waals surface area contributed by atoms with E-state index in [4.69, 9.17) is 4.74 Å². The van der Waals surface area contributed by atoms with Gasteiger partial charge in [-0.3, -0.25) is 4.79 Å². The lowest BCUT2D eigenvalue weighted by atomic mass is 10.1. The van der Waals surface area contributed by atoms with Crippen molar-refractivity contribution < 1.29 is 22.7 Å². The molecule has 0 fully saturated rings. The van der Waals surface area contributed by atoms with Crippen molar-refractivity contribution in [2.45, 2.75) is 26.3 Å². The van der Waals surface area contributed by atoms with Crippen LogP contribution >= 0.6 is 11.3 Å². The van der Waals surface area contributed by atoms with Gasteiger partial charge in [0.25, 0.3) is 0 Å². The van der Waals surface area contributed by atoms with Crippen LogP contribution in [0.1, 0.15) is 27.4 Å². The molecule has 0 spiro atoms. The number of alkyl halides is 3. The zero-order valence-corrected chi connectivity index (χ0v) is 17.8. The molecule has 1 amide bonds. The molecule has 0 N–H and O–H groups in total. The van der Waals surface area contributed by atoms with Gasteiger partial charge in [-0.05, 0) is 30.7 Å². The summed E-state index contributed by atoms with van der Waals surface area (Å²) < 4.78 is 45.3. The van der Waals surface area contributed by atoms with Crippen LogP contribution in [0.4, 0.5) is 13.2 Å². The van der Waals surface area contributed by atoms with Crippen molar-refractivity contribution in [2.24, 2.45) is 0 Å². The molecule has 0 saturated heterocycles. The Bertz CT molecular complexity index is 1080. The Hall–Kier alpha value is -3.13. The average Bonchev–Trinajstić information content (AvgIpc) is 3.15. The molecule has 3 aromatic rings. The van der Waals surface area contributed by atoms with Crippen molar-refractivity contribution in [3.63, 3.8) is 0 Å². The van der Waals surface area contributed by atoms with Crippen LogP contribution in [0.5, 0.6) is 5.75 Å². The van der Waals surface area contributed by atoms with Crippen molar-refractivity contribution in [2.75, 3.05) is 7.05 Å². The van der Waals surface area contributed by atoms with Gasteiger partial charge in [0.1, 0.15) is 12.4 Å². The molecule has 0 aliphatic carbocycles. The third kappa shape index (κ3) is 6.18. The molecule has 0 aliphatic rings. The Labute approximate surface area is 182 Å². The lowest BCUT2D eigenvalue weighted by Crippen LogP contribution is -2.25. The van der Waals surface area contributed by atoms with Gasteiger partial charge < -0.3 is 9.64 Å². The molecule has 1 aromatic heterocycles. The summed E-state index contributed by atoms with van der Waals surface area (Å²) >= 11 is 1.54. The van der Waals surface area contributed by atoms with Gasteiger partial charge in [0.2, 0.25) is 5.91 Å². The number of halogens is 3. The highest BCUT2D eigenvalue weighted by molar-refractivity contribution is 7.09. The Balaban J connectivity index is 1.67. The Morgan fingerprint density at radius 2 is 1.87 bits per heavy atom. The van der Waals surface area contributed by atoms with Gasteiger partial charge in [-0.25, -0.2) is 4.98 Å². The first-order valence-electron chi connectivity index (χ1n) is 9.45. The number of rotatable bonds is 7. The molecular formula is C23H21F3N2O2S. The number of hydrogen-bond donors (Lipinski definition) is 0. The van der Waals surface area contributed by atoms with Crippen molar-refractivity contribution >= 4 is 23.3 Å². The van der Waals surface area contributed by atoms with Crippen molar-refractivity contribution in [3.8, 4) is 5.75 Å². The highest BCUT2D eigenvalue weighted by Gasteiger charge is 2.33. The van der Waals surface area contributed by atoms with E-state index in [1.54, 1.807) is 18.2 Å². The van der Waals surface area contributed by atoms with E-state index >= 15 is 0 Å². The lowest BCUT2D eigenvalue weighted by molar-refractivity contribution is -0.139. The number of aromatic nitrogens is 1. The smallest absolute Gasteiger partial charge is 0.416 e. The highest BCUT2D eigenvalue weighted by atomic mass is 32.1. The quantitative estimate of drug-likeness (QED) is 0.436. The second-order valence-corrected chi connectivity index (χ2v) is 7.93. The summed E-state index contributed by atoms with van der Waals surface area (Å²) in [5.41, 5.74) is 0.809. The largest absolute Gasteiger partial charge is 0.487 e. The van der Waals surface area contributed by atoms with Crippen LogP contribution in [-0.4, -0.2) is 22.8 Å². The first-order chi connectivity index (χ1) is 14.7. The highest BCUT2D eigenvalue weighted by Crippen LogP contribution is 2.32. The number of carbonyl (C=O) groups excluding carboxylic acids is 1. The van der Waals surface area contributed by atoms with Crippen LogP contribution in [0, 0.1) is 6.92 Å². The fraction of sp³-hybridized carbons (Fsp3) is 0.217. The van der Waals surface area contributed by atoms with Crippen LogP contribution in [0.15, 0.2) is 60.0 Å². The maximum atomic E-state index is 13.2. The summed E-state index contributed by atoms with van der Waals surface area (Å²) in [7, 11) is 1.47. The average molecular weight is 446 g/mol. The first-order valence-corrected chi connectivity index (χ1v) is 10.3. The molecule has 3 rings (SSSR count). The molecule has 8 heteroatoms.